The zero-order valence-corrected chi connectivity index (χ0v) is 18.1. The van der Waals surface area contributed by atoms with Gasteiger partial charge in [-0.2, -0.15) is 0 Å². The van der Waals surface area contributed by atoms with Gasteiger partial charge in [-0.15, -0.1) is 0 Å². The first kappa shape index (κ1) is 21.9. The number of aryl methyl sites for hydroxylation is 1. The molecule has 0 bridgehead atoms. The van der Waals surface area contributed by atoms with E-state index in [0.717, 1.165) is 63.8 Å². The van der Waals surface area contributed by atoms with Crippen LogP contribution >= 0.6 is 0 Å². The largest absolute Gasteiger partial charge is 0.492 e. The monoisotopic (exact) mass is 403 g/mol. The van der Waals surface area contributed by atoms with Crippen molar-refractivity contribution in [3.05, 3.63) is 29.8 Å². The van der Waals surface area contributed by atoms with E-state index in [1.165, 1.54) is 18.4 Å². The molecule has 1 aromatic carbocycles. The lowest BCUT2D eigenvalue weighted by molar-refractivity contribution is -0.0721. The summed E-state index contributed by atoms with van der Waals surface area (Å²) in [6.45, 7) is 9.86. The molecule has 1 N–H and O–H groups in total. The smallest absolute Gasteiger partial charge is 0.194 e. The molecule has 1 unspecified atom stereocenters. The van der Waals surface area contributed by atoms with Crippen LogP contribution < -0.4 is 10.1 Å². The van der Waals surface area contributed by atoms with E-state index < -0.39 is 0 Å². The van der Waals surface area contributed by atoms with E-state index in [0.29, 0.717) is 25.4 Å². The van der Waals surface area contributed by atoms with E-state index in [2.05, 4.69) is 36.2 Å². The summed E-state index contributed by atoms with van der Waals surface area (Å²) >= 11 is 0. The summed E-state index contributed by atoms with van der Waals surface area (Å²) in [5.74, 6) is 1.89. The summed E-state index contributed by atoms with van der Waals surface area (Å²) in [6, 6.07) is 8.14. The zero-order chi connectivity index (χ0) is 20.3. The molecule has 0 aliphatic carbocycles. The molecule has 2 saturated heterocycles. The van der Waals surface area contributed by atoms with Gasteiger partial charge in [-0.3, -0.25) is 0 Å². The molecule has 0 radical (unpaired) electrons. The van der Waals surface area contributed by atoms with Gasteiger partial charge in [0.05, 0.1) is 25.4 Å². The van der Waals surface area contributed by atoms with Gasteiger partial charge >= 0.3 is 0 Å². The molecule has 0 saturated carbocycles. The van der Waals surface area contributed by atoms with Gasteiger partial charge in [-0.1, -0.05) is 12.1 Å². The molecule has 1 aromatic rings. The van der Waals surface area contributed by atoms with E-state index in [1.807, 2.05) is 12.1 Å². The molecule has 2 aliphatic heterocycles. The Labute approximate surface area is 175 Å². The van der Waals surface area contributed by atoms with Crippen molar-refractivity contribution in [1.82, 2.24) is 10.2 Å². The minimum atomic E-state index is 0.300. The topological polar surface area (TPSA) is 55.3 Å². The summed E-state index contributed by atoms with van der Waals surface area (Å²) in [6.07, 6.45) is 6.31. The molecule has 29 heavy (non-hydrogen) atoms. The summed E-state index contributed by atoms with van der Waals surface area (Å²) in [7, 11) is 0. The SMILES string of the molecule is CCNC(=NCCOc1cccc(C)c1)N1CCC(OCC2CCCCO2)CC1. The second-order valence-electron chi connectivity index (χ2n) is 7.91. The fourth-order valence-corrected chi connectivity index (χ4v) is 3.86. The second-order valence-corrected chi connectivity index (χ2v) is 7.91. The lowest BCUT2D eigenvalue weighted by atomic mass is 10.1. The molecule has 0 spiro atoms. The van der Waals surface area contributed by atoms with Crippen molar-refractivity contribution >= 4 is 5.96 Å². The zero-order valence-electron chi connectivity index (χ0n) is 18.1. The van der Waals surface area contributed by atoms with Crippen LogP contribution in [0.2, 0.25) is 0 Å². The number of rotatable bonds is 8. The summed E-state index contributed by atoms with van der Waals surface area (Å²) in [5, 5.41) is 3.42. The van der Waals surface area contributed by atoms with Gasteiger partial charge in [-0.05, 0) is 63.6 Å². The molecular formula is C23H37N3O3. The highest BCUT2D eigenvalue weighted by molar-refractivity contribution is 5.80. The maximum absolute atomic E-state index is 6.14. The molecule has 2 heterocycles. The number of hydrogen-bond acceptors (Lipinski definition) is 4. The third kappa shape index (κ3) is 7.52. The van der Waals surface area contributed by atoms with Crippen LogP contribution in [0.25, 0.3) is 0 Å². The van der Waals surface area contributed by atoms with Crippen molar-refractivity contribution < 1.29 is 14.2 Å². The van der Waals surface area contributed by atoms with E-state index in [9.17, 15) is 0 Å². The molecule has 0 amide bonds. The second kappa shape index (κ2) is 12.0. The molecule has 2 fully saturated rings. The first-order valence-corrected chi connectivity index (χ1v) is 11.2. The van der Waals surface area contributed by atoms with E-state index in [-0.39, 0.29) is 0 Å². The van der Waals surface area contributed by atoms with Crippen LogP contribution in [0.15, 0.2) is 29.3 Å². The molecule has 6 nitrogen and oxygen atoms in total. The number of nitrogens with zero attached hydrogens (tertiary/aromatic N) is 2. The fourth-order valence-electron chi connectivity index (χ4n) is 3.86. The number of hydrogen-bond donors (Lipinski definition) is 1. The molecule has 1 atom stereocenters. The number of nitrogens with one attached hydrogen (secondary N) is 1. The van der Waals surface area contributed by atoms with Crippen LogP contribution in [-0.4, -0.2) is 69.1 Å². The van der Waals surface area contributed by atoms with Gasteiger partial charge in [0.15, 0.2) is 5.96 Å². The highest BCUT2D eigenvalue weighted by Crippen LogP contribution is 2.18. The molecule has 162 valence electrons. The minimum Gasteiger partial charge on any atom is -0.492 e. The number of piperidine rings is 1. The van der Waals surface area contributed by atoms with Crippen molar-refractivity contribution in [2.75, 3.05) is 46.0 Å². The number of ether oxygens (including phenoxy) is 3. The lowest BCUT2D eigenvalue weighted by Gasteiger charge is -2.35. The van der Waals surface area contributed by atoms with Gasteiger partial charge in [0.2, 0.25) is 0 Å². The lowest BCUT2D eigenvalue weighted by Crippen LogP contribution is -2.47. The van der Waals surface area contributed by atoms with Crippen LogP contribution in [0.3, 0.4) is 0 Å². The third-order valence-electron chi connectivity index (χ3n) is 5.48. The molecule has 6 heteroatoms. The van der Waals surface area contributed by atoms with Crippen LogP contribution in [0.5, 0.6) is 5.75 Å². The number of likely N-dealkylation sites (tertiary alicyclic amines) is 1. The summed E-state index contributed by atoms with van der Waals surface area (Å²) in [4.78, 5) is 7.11. The summed E-state index contributed by atoms with van der Waals surface area (Å²) < 4.78 is 17.7. The first-order valence-electron chi connectivity index (χ1n) is 11.2. The van der Waals surface area contributed by atoms with E-state index >= 15 is 0 Å². The van der Waals surface area contributed by atoms with Crippen molar-refractivity contribution in [2.24, 2.45) is 4.99 Å². The number of guanidine groups is 1. The van der Waals surface area contributed by atoms with Crippen LogP contribution in [0.1, 0.15) is 44.6 Å². The highest BCUT2D eigenvalue weighted by atomic mass is 16.5. The number of benzene rings is 1. The maximum Gasteiger partial charge on any atom is 0.194 e. The Morgan fingerprint density at radius 2 is 2.10 bits per heavy atom. The normalized spacial score (nSPS) is 21.2. The van der Waals surface area contributed by atoms with Gasteiger partial charge < -0.3 is 24.4 Å². The van der Waals surface area contributed by atoms with Gasteiger partial charge in [0.25, 0.3) is 0 Å². The van der Waals surface area contributed by atoms with Crippen molar-refractivity contribution in [3.8, 4) is 5.75 Å². The fraction of sp³-hybridized carbons (Fsp3) is 0.696. The van der Waals surface area contributed by atoms with Gasteiger partial charge in [-0.25, -0.2) is 4.99 Å². The minimum absolute atomic E-state index is 0.300. The molecule has 0 aromatic heterocycles. The third-order valence-corrected chi connectivity index (χ3v) is 5.48. The molecule has 3 rings (SSSR count). The molecule has 2 aliphatic rings. The predicted octanol–water partition coefficient (Wildman–Crippen LogP) is 3.39. The Morgan fingerprint density at radius 3 is 2.83 bits per heavy atom. The summed E-state index contributed by atoms with van der Waals surface area (Å²) in [5.41, 5.74) is 1.21. The Bertz CT molecular complexity index is 624. The Balaban J connectivity index is 1.39. The van der Waals surface area contributed by atoms with Crippen molar-refractivity contribution in [3.63, 3.8) is 0 Å². The van der Waals surface area contributed by atoms with Crippen molar-refractivity contribution in [2.45, 2.75) is 58.2 Å². The average Bonchev–Trinajstić information content (AvgIpc) is 2.76. The van der Waals surface area contributed by atoms with Gasteiger partial charge in [0, 0.05) is 26.2 Å². The highest BCUT2D eigenvalue weighted by Gasteiger charge is 2.23. The Kier molecular flexibility index (Phi) is 9.09. The average molecular weight is 404 g/mol. The maximum atomic E-state index is 6.14. The van der Waals surface area contributed by atoms with Crippen LogP contribution in [0, 0.1) is 6.92 Å². The first-order chi connectivity index (χ1) is 14.2. The standard InChI is InChI=1S/C23H37N3O3/c1-3-24-23(25-12-16-28-21-9-6-7-19(2)17-21)26-13-10-20(11-14-26)29-18-22-8-4-5-15-27-22/h6-7,9,17,20,22H,3-5,8,10-16,18H2,1-2H3,(H,24,25). The van der Waals surface area contributed by atoms with Gasteiger partial charge in [0.1, 0.15) is 12.4 Å². The Morgan fingerprint density at radius 1 is 1.24 bits per heavy atom. The van der Waals surface area contributed by atoms with Crippen LogP contribution in [-0.2, 0) is 9.47 Å². The van der Waals surface area contributed by atoms with Crippen LogP contribution in [0.4, 0.5) is 0 Å². The quantitative estimate of drug-likeness (QED) is 0.410. The Hall–Kier alpha value is -1.79. The van der Waals surface area contributed by atoms with E-state index in [1.54, 1.807) is 0 Å². The predicted molar refractivity (Wildman–Crippen MR) is 117 cm³/mol. The van der Waals surface area contributed by atoms with E-state index in [4.69, 9.17) is 19.2 Å². The number of aliphatic imine (C=N–C) groups is 1. The van der Waals surface area contributed by atoms with Crippen molar-refractivity contribution in [1.29, 1.82) is 0 Å². The molecular weight excluding hydrogens is 366 g/mol.